The van der Waals surface area contributed by atoms with Crippen LogP contribution in [0.15, 0.2) is 48.5 Å². The summed E-state index contributed by atoms with van der Waals surface area (Å²) in [5.41, 5.74) is 0.553. The van der Waals surface area contributed by atoms with Crippen molar-refractivity contribution in [2.45, 2.75) is 19.8 Å². The predicted molar refractivity (Wildman–Crippen MR) is 103 cm³/mol. The minimum Gasteiger partial charge on any atom is -0.490 e. The fraction of sp³-hybridized carbons (Fsp3) is 0.350. The summed E-state index contributed by atoms with van der Waals surface area (Å²) in [6.45, 7) is 4.47. The Hall–Kier alpha value is -2.11. The highest BCUT2D eigenvalue weighted by molar-refractivity contribution is 5.95. The molecule has 0 bridgehead atoms. The van der Waals surface area contributed by atoms with Crippen molar-refractivity contribution in [2.24, 2.45) is 0 Å². The quantitative estimate of drug-likeness (QED) is 0.466. The Morgan fingerprint density at radius 2 is 1.65 bits per heavy atom. The van der Waals surface area contributed by atoms with Crippen LogP contribution in [0.1, 0.15) is 30.1 Å². The number of halogens is 2. The molecule has 0 aliphatic carbocycles. The minimum absolute atomic E-state index is 0. The number of carbonyl (C=O) groups is 1. The maximum Gasteiger partial charge on any atom is 0.162 e. The van der Waals surface area contributed by atoms with Crippen LogP contribution in [0.3, 0.4) is 0 Å². The molecule has 0 saturated heterocycles. The molecule has 0 saturated carbocycles. The number of ketones is 1. The van der Waals surface area contributed by atoms with E-state index in [9.17, 15) is 9.18 Å². The third-order valence-corrected chi connectivity index (χ3v) is 3.61. The molecule has 4 nitrogen and oxygen atoms in total. The summed E-state index contributed by atoms with van der Waals surface area (Å²) in [7, 11) is 0. The Labute approximate surface area is 160 Å². The van der Waals surface area contributed by atoms with E-state index in [0.29, 0.717) is 31.7 Å². The normalized spacial score (nSPS) is 10.1. The van der Waals surface area contributed by atoms with Gasteiger partial charge in [0.2, 0.25) is 0 Å². The van der Waals surface area contributed by atoms with Crippen LogP contribution in [-0.4, -0.2) is 32.1 Å². The van der Waals surface area contributed by atoms with E-state index in [2.05, 4.69) is 5.32 Å². The van der Waals surface area contributed by atoms with Crippen LogP contribution in [0, 0.1) is 5.82 Å². The molecule has 0 unspecified atom stereocenters. The first-order valence-corrected chi connectivity index (χ1v) is 8.55. The molecule has 0 aliphatic heterocycles. The van der Waals surface area contributed by atoms with Gasteiger partial charge in [-0.05, 0) is 56.3 Å². The SMILES string of the molecule is CCOc1ccccc1OCCNCCCC(=O)c1ccc(F)cc1.Cl. The van der Waals surface area contributed by atoms with Crippen molar-refractivity contribution >= 4 is 18.2 Å². The lowest BCUT2D eigenvalue weighted by Crippen LogP contribution is -2.22. The number of hydrogen-bond acceptors (Lipinski definition) is 4. The number of rotatable bonds is 11. The molecule has 0 radical (unpaired) electrons. The molecule has 0 amide bonds. The molecular weight excluding hydrogens is 357 g/mol. The molecule has 0 fully saturated rings. The Kier molecular flexibility index (Phi) is 10.4. The molecule has 2 rings (SSSR count). The molecule has 0 aromatic heterocycles. The van der Waals surface area contributed by atoms with E-state index in [0.717, 1.165) is 24.5 Å². The fourth-order valence-corrected chi connectivity index (χ4v) is 2.36. The standard InChI is InChI=1S/C20H24FNO3.ClH/c1-2-24-19-7-3-4-8-20(19)25-15-14-22-13-5-6-18(23)16-9-11-17(21)12-10-16;/h3-4,7-12,22H,2,5-6,13-15H2,1H3;1H. The van der Waals surface area contributed by atoms with Gasteiger partial charge < -0.3 is 14.8 Å². The van der Waals surface area contributed by atoms with Crippen molar-refractivity contribution in [3.05, 3.63) is 59.9 Å². The highest BCUT2D eigenvalue weighted by atomic mass is 35.5. The number of carbonyl (C=O) groups excluding carboxylic acids is 1. The molecule has 142 valence electrons. The third-order valence-electron chi connectivity index (χ3n) is 3.61. The zero-order chi connectivity index (χ0) is 17.9. The van der Waals surface area contributed by atoms with Crippen molar-refractivity contribution in [3.63, 3.8) is 0 Å². The molecule has 6 heteroatoms. The van der Waals surface area contributed by atoms with Crippen LogP contribution >= 0.6 is 12.4 Å². The molecule has 0 aliphatic rings. The maximum atomic E-state index is 12.8. The molecule has 0 atom stereocenters. The first kappa shape index (κ1) is 21.9. The third kappa shape index (κ3) is 7.42. The zero-order valence-electron chi connectivity index (χ0n) is 14.9. The van der Waals surface area contributed by atoms with Crippen molar-refractivity contribution in [3.8, 4) is 11.5 Å². The lowest BCUT2D eigenvalue weighted by atomic mass is 10.1. The van der Waals surface area contributed by atoms with Gasteiger partial charge in [-0.2, -0.15) is 0 Å². The van der Waals surface area contributed by atoms with E-state index >= 15 is 0 Å². The first-order valence-electron chi connectivity index (χ1n) is 8.55. The van der Waals surface area contributed by atoms with Crippen molar-refractivity contribution in [1.29, 1.82) is 0 Å². The predicted octanol–water partition coefficient (Wildman–Crippen LogP) is 4.28. The van der Waals surface area contributed by atoms with Gasteiger partial charge in [-0.3, -0.25) is 4.79 Å². The van der Waals surface area contributed by atoms with Gasteiger partial charge in [-0.25, -0.2) is 4.39 Å². The second kappa shape index (κ2) is 12.3. The van der Waals surface area contributed by atoms with Crippen LogP contribution in [0.25, 0.3) is 0 Å². The van der Waals surface area contributed by atoms with E-state index in [1.807, 2.05) is 31.2 Å². The summed E-state index contributed by atoms with van der Waals surface area (Å²) < 4.78 is 24.0. The number of hydrogen-bond donors (Lipinski definition) is 1. The van der Waals surface area contributed by atoms with Crippen LogP contribution < -0.4 is 14.8 Å². The average molecular weight is 382 g/mol. The Morgan fingerprint density at radius 1 is 1.00 bits per heavy atom. The minimum atomic E-state index is -0.330. The fourth-order valence-electron chi connectivity index (χ4n) is 2.36. The summed E-state index contributed by atoms with van der Waals surface area (Å²) in [5, 5.41) is 3.25. The van der Waals surface area contributed by atoms with Gasteiger partial charge in [0.15, 0.2) is 17.3 Å². The first-order chi connectivity index (χ1) is 12.2. The zero-order valence-corrected chi connectivity index (χ0v) is 15.7. The number of Topliss-reactive ketones (excluding diaryl/α,β-unsaturated/α-hetero) is 1. The van der Waals surface area contributed by atoms with Gasteiger partial charge >= 0.3 is 0 Å². The largest absolute Gasteiger partial charge is 0.490 e. The summed E-state index contributed by atoms with van der Waals surface area (Å²) in [5.74, 6) is 1.18. The number of nitrogens with one attached hydrogen (secondary N) is 1. The number of ether oxygens (including phenoxy) is 2. The lowest BCUT2D eigenvalue weighted by Gasteiger charge is -2.11. The highest BCUT2D eigenvalue weighted by Gasteiger charge is 2.06. The van der Waals surface area contributed by atoms with Gasteiger partial charge in [0.1, 0.15) is 12.4 Å². The van der Waals surface area contributed by atoms with E-state index in [4.69, 9.17) is 9.47 Å². The van der Waals surface area contributed by atoms with Gasteiger partial charge in [0, 0.05) is 18.5 Å². The Morgan fingerprint density at radius 3 is 2.31 bits per heavy atom. The summed E-state index contributed by atoms with van der Waals surface area (Å²) in [6.07, 6.45) is 1.17. The molecule has 0 spiro atoms. The van der Waals surface area contributed by atoms with Crippen LogP contribution in [0.5, 0.6) is 11.5 Å². The van der Waals surface area contributed by atoms with Crippen molar-refractivity contribution in [2.75, 3.05) is 26.3 Å². The Balaban J connectivity index is 0.00000338. The summed E-state index contributed by atoms with van der Waals surface area (Å²) in [4.78, 5) is 11.9. The van der Waals surface area contributed by atoms with E-state index in [1.165, 1.54) is 24.3 Å². The van der Waals surface area contributed by atoms with Gasteiger partial charge in [0.25, 0.3) is 0 Å². The van der Waals surface area contributed by atoms with Gasteiger partial charge in [0.05, 0.1) is 6.61 Å². The van der Waals surface area contributed by atoms with E-state index in [-0.39, 0.29) is 24.0 Å². The van der Waals surface area contributed by atoms with Crippen LogP contribution in [0.2, 0.25) is 0 Å². The maximum absolute atomic E-state index is 12.8. The van der Waals surface area contributed by atoms with Gasteiger partial charge in [-0.15, -0.1) is 12.4 Å². The smallest absolute Gasteiger partial charge is 0.162 e. The van der Waals surface area contributed by atoms with Gasteiger partial charge in [-0.1, -0.05) is 12.1 Å². The summed E-state index contributed by atoms with van der Waals surface area (Å²) >= 11 is 0. The molecule has 26 heavy (non-hydrogen) atoms. The molecule has 1 N–H and O–H groups in total. The molecule has 2 aromatic carbocycles. The van der Waals surface area contributed by atoms with E-state index < -0.39 is 0 Å². The second-order valence-electron chi connectivity index (χ2n) is 5.51. The number of para-hydroxylation sites is 2. The Bertz CT molecular complexity index is 664. The second-order valence-corrected chi connectivity index (χ2v) is 5.51. The molecular formula is C20H25ClFNO3. The lowest BCUT2D eigenvalue weighted by molar-refractivity contribution is 0.0980. The monoisotopic (exact) mass is 381 g/mol. The van der Waals surface area contributed by atoms with Crippen LogP contribution in [0.4, 0.5) is 4.39 Å². The van der Waals surface area contributed by atoms with Crippen molar-refractivity contribution < 1.29 is 18.7 Å². The molecule has 2 aromatic rings. The topological polar surface area (TPSA) is 47.6 Å². The van der Waals surface area contributed by atoms with E-state index in [1.54, 1.807) is 0 Å². The van der Waals surface area contributed by atoms with Crippen LogP contribution in [-0.2, 0) is 0 Å². The number of benzene rings is 2. The molecule has 0 heterocycles. The average Bonchev–Trinajstić information content (AvgIpc) is 2.63. The highest BCUT2D eigenvalue weighted by Crippen LogP contribution is 2.25. The van der Waals surface area contributed by atoms with Crippen molar-refractivity contribution in [1.82, 2.24) is 5.32 Å². The summed E-state index contributed by atoms with van der Waals surface area (Å²) in [6, 6.07) is 13.2.